The molecule has 5 rings (SSSR count). The van der Waals surface area contributed by atoms with Crippen molar-refractivity contribution in [3.05, 3.63) is 95.5 Å². The number of furan rings is 1. The standard InChI is InChI=1S/C35H36ClFN4O4/c1-3-43-34(42)11-6-4-5-7-18-41(2)33-17-16-31(45-33)25-12-14-30-28(20-25)35(39-23-38-30)40-27-13-15-32(29(36)21-27)44-22-24-9-8-10-26(37)19-24/h8-10,12-17,19-21,23H,3-7,11,18,22H2,1-2H3,(H,38,39,40). The van der Waals surface area contributed by atoms with Crippen molar-refractivity contribution in [1.82, 2.24) is 9.97 Å². The molecule has 10 heteroatoms. The predicted octanol–water partition coefficient (Wildman–Crippen LogP) is 8.95. The average Bonchev–Trinajstić information content (AvgIpc) is 3.53. The minimum atomic E-state index is -0.311. The molecule has 0 aliphatic rings. The number of rotatable bonds is 15. The second kappa shape index (κ2) is 15.4. The number of halogens is 2. The molecule has 1 N–H and O–H groups in total. The maximum atomic E-state index is 13.5. The van der Waals surface area contributed by atoms with E-state index in [2.05, 4.69) is 20.2 Å². The second-order valence-corrected chi connectivity index (χ2v) is 11.1. The molecule has 8 nitrogen and oxygen atoms in total. The van der Waals surface area contributed by atoms with Crippen molar-refractivity contribution < 1.29 is 23.1 Å². The van der Waals surface area contributed by atoms with Gasteiger partial charge in [-0.15, -0.1) is 0 Å². The fourth-order valence-electron chi connectivity index (χ4n) is 4.93. The Morgan fingerprint density at radius 2 is 1.87 bits per heavy atom. The Hall–Kier alpha value is -4.63. The summed E-state index contributed by atoms with van der Waals surface area (Å²) in [4.78, 5) is 22.5. The van der Waals surface area contributed by atoms with Gasteiger partial charge < -0.3 is 24.1 Å². The topological polar surface area (TPSA) is 89.7 Å². The van der Waals surface area contributed by atoms with Crippen LogP contribution in [0.15, 0.2) is 83.5 Å². The van der Waals surface area contributed by atoms with Crippen LogP contribution in [0.5, 0.6) is 5.75 Å². The molecular weight excluding hydrogens is 595 g/mol. The minimum Gasteiger partial charge on any atom is -0.487 e. The zero-order chi connectivity index (χ0) is 31.6. The van der Waals surface area contributed by atoms with E-state index in [1.165, 1.54) is 18.5 Å². The molecule has 234 valence electrons. The Bertz CT molecular complexity index is 1740. The van der Waals surface area contributed by atoms with Crippen molar-refractivity contribution in [2.75, 3.05) is 30.4 Å². The molecular formula is C35H36ClFN4O4. The largest absolute Gasteiger partial charge is 0.487 e. The molecule has 0 fully saturated rings. The molecule has 0 bridgehead atoms. The lowest BCUT2D eigenvalue weighted by Gasteiger charge is -2.15. The summed E-state index contributed by atoms with van der Waals surface area (Å²) in [6.07, 6.45) is 5.87. The van der Waals surface area contributed by atoms with Crippen LogP contribution in [-0.2, 0) is 16.1 Å². The molecule has 0 aliphatic heterocycles. The van der Waals surface area contributed by atoms with E-state index >= 15 is 0 Å². The van der Waals surface area contributed by atoms with Gasteiger partial charge in [0.15, 0.2) is 5.88 Å². The Labute approximate surface area is 267 Å². The molecule has 45 heavy (non-hydrogen) atoms. The number of fused-ring (bicyclic) bond motifs is 1. The minimum absolute atomic E-state index is 0.121. The van der Waals surface area contributed by atoms with Crippen molar-refractivity contribution in [1.29, 1.82) is 0 Å². The van der Waals surface area contributed by atoms with Gasteiger partial charge in [-0.2, -0.15) is 0 Å². The quantitative estimate of drug-likeness (QED) is 0.0905. The van der Waals surface area contributed by atoms with E-state index in [0.29, 0.717) is 35.2 Å². The van der Waals surface area contributed by atoms with E-state index in [-0.39, 0.29) is 18.4 Å². The van der Waals surface area contributed by atoms with Gasteiger partial charge >= 0.3 is 5.97 Å². The number of ether oxygens (including phenoxy) is 2. The Morgan fingerprint density at radius 1 is 1.00 bits per heavy atom. The number of anilines is 3. The second-order valence-electron chi connectivity index (χ2n) is 10.7. The molecule has 0 saturated carbocycles. The van der Waals surface area contributed by atoms with Crippen molar-refractivity contribution in [3.63, 3.8) is 0 Å². The Morgan fingerprint density at radius 3 is 2.69 bits per heavy atom. The fourth-order valence-corrected chi connectivity index (χ4v) is 5.17. The number of unbranched alkanes of at least 4 members (excludes halogenated alkanes) is 3. The highest BCUT2D eigenvalue weighted by Gasteiger charge is 2.13. The summed E-state index contributed by atoms with van der Waals surface area (Å²) in [7, 11) is 2.01. The van der Waals surface area contributed by atoms with Gasteiger partial charge in [-0.3, -0.25) is 4.79 Å². The number of nitrogens with zero attached hydrogens (tertiary/aromatic N) is 3. The van der Waals surface area contributed by atoms with Crippen molar-refractivity contribution in [2.45, 2.75) is 45.6 Å². The smallest absolute Gasteiger partial charge is 0.305 e. The van der Waals surface area contributed by atoms with E-state index in [0.717, 1.165) is 66.0 Å². The average molecular weight is 631 g/mol. The molecule has 2 aromatic heterocycles. The maximum Gasteiger partial charge on any atom is 0.305 e. The van der Waals surface area contributed by atoms with Crippen LogP contribution < -0.4 is 15.0 Å². The van der Waals surface area contributed by atoms with Crippen LogP contribution in [0.2, 0.25) is 5.02 Å². The lowest BCUT2D eigenvalue weighted by Crippen LogP contribution is -2.17. The summed E-state index contributed by atoms with van der Waals surface area (Å²) in [5.41, 5.74) is 3.12. The first-order valence-corrected chi connectivity index (χ1v) is 15.4. The highest BCUT2D eigenvalue weighted by Crippen LogP contribution is 2.33. The van der Waals surface area contributed by atoms with Crippen molar-refractivity contribution in [3.8, 4) is 17.1 Å². The number of benzene rings is 3. The zero-order valence-corrected chi connectivity index (χ0v) is 26.1. The monoisotopic (exact) mass is 630 g/mol. The molecule has 0 unspecified atom stereocenters. The lowest BCUT2D eigenvalue weighted by atomic mass is 10.1. The number of hydrogen-bond donors (Lipinski definition) is 1. The van der Waals surface area contributed by atoms with Crippen LogP contribution in [0, 0.1) is 5.82 Å². The predicted molar refractivity (Wildman–Crippen MR) is 176 cm³/mol. The third-order valence-corrected chi connectivity index (χ3v) is 7.59. The molecule has 0 saturated heterocycles. The number of esters is 1. The highest BCUT2D eigenvalue weighted by atomic mass is 35.5. The third-order valence-electron chi connectivity index (χ3n) is 7.30. The van der Waals surface area contributed by atoms with Crippen LogP contribution in [-0.4, -0.2) is 36.1 Å². The molecule has 2 heterocycles. The Kier molecular flexibility index (Phi) is 10.9. The van der Waals surface area contributed by atoms with Crippen LogP contribution >= 0.6 is 11.6 Å². The van der Waals surface area contributed by atoms with E-state index in [9.17, 15) is 9.18 Å². The number of carbonyl (C=O) groups excluding carboxylic acids is 1. The fraction of sp³-hybridized carbons (Fsp3) is 0.286. The van der Waals surface area contributed by atoms with Gasteiger partial charge in [0.2, 0.25) is 0 Å². The first-order valence-electron chi connectivity index (χ1n) is 15.0. The first-order chi connectivity index (χ1) is 21.9. The van der Waals surface area contributed by atoms with Gasteiger partial charge in [0.25, 0.3) is 0 Å². The SMILES string of the molecule is CCOC(=O)CCCCCCN(C)c1ccc(-c2ccc3ncnc(Nc4ccc(OCc5cccc(F)c5)c(Cl)c4)c3c2)o1. The van der Waals surface area contributed by atoms with Crippen LogP contribution in [0.4, 0.5) is 21.8 Å². The summed E-state index contributed by atoms with van der Waals surface area (Å²) in [5, 5.41) is 4.58. The lowest BCUT2D eigenvalue weighted by molar-refractivity contribution is -0.143. The molecule has 0 amide bonds. The van der Waals surface area contributed by atoms with Gasteiger partial charge in [0.05, 0.1) is 17.1 Å². The van der Waals surface area contributed by atoms with E-state index in [4.69, 9.17) is 25.5 Å². The summed E-state index contributed by atoms with van der Waals surface area (Å²) >= 11 is 6.52. The summed E-state index contributed by atoms with van der Waals surface area (Å²) in [5.74, 6) is 2.21. The van der Waals surface area contributed by atoms with Gasteiger partial charge in [0.1, 0.15) is 36.1 Å². The van der Waals surface area contributed by atoms with E-state index in [1.54, 1.807) is 24.3 Å². The summed E-state index contributed by atoms with van der Waals surface area (Å²) < 4.78 is 30.5. The number of carbonyl (C=O) groups is 1. The molecule has 0 atom stereocenters. The molecule has 0 spiro atoms. The van der Waals surface area contributed by atoms with Crippen LogP contribution in [0.3, 0.4) is 0 Å². The van der Waals surface area contributed by atoms with Crippen LogP contribution in [0.25, 0.3) is 22.2 Å². The van der Waals surface area contributed by atoms with E-state index in [1.807, 2.05) is 50.4 Å². The molecule has 0 aliphatic carbocycles. The first kappa shape index (κ1) is 31.8. The maximum absolute atomic E-state index is 13.5. The van der Waals surface area contributed by atoms with Gasteiger partial charge in [-0.25, -0.2) is 14.4 Å². The molecule has 5 aromatic rings. The normalized spacial score (nSPS) is 11.0. The van der Waals surface area contributed by atoms with E-state index < -0.39 is 0 Å². The molecule has 0 radical (unpaired) electrons. The third kappa shape index (κ3) is 8.73. The summed E-state index contributed by atoms with van der Waals surface area (Å²) in [6, 6.07) is 21.5. The summed E-state index contributed by atoms with van der Waals surface area (Å²) in [6.45, 7) is 3.31. The van der Waals surface area contributed by atoms with Crippen molar-refractivity contribution >= 4 is 45.9 Å². The zero-order valence-electron chi connectivity index (χ0n) is 25.4. The van der Waals surface area contributed by atoms with Gasteiger partial charge in [-0.05, 0) is 79.9 Å². The van der Waals surface area contributed by atoms with Gasteiger partial charge in [0, 0.05) is 42.7 Å². The highest BCUT2D eigenvalue weighted by molar-refractivity contribution is 6.32. The number of nitrogens with one attached hydrogen (secondary N) is 1. The van der Waals surface area contributed by atoms with Crippen LogP contribution in [0.1, 0.15) is 44.6 Å². The number of aromatic nitrogens is 2. The van der Waals surface area contributed by atoms with Crippen molar-refractivity contribution in [2.24, 2.45) is 0 Å². The Balaban J connectivity index is 1.21. The van der Waals surface area contributed by atoms with Gasteiger partial charge in [-0.1, -0.05) is 36.6 Å². The number of hydrogen-bond acceptors (Lipinski definition) is 8. The molecule has 3 aromatic carbocycles.